The monoisotopic (exact) mass is 343 g/mol. The summed E-state index contributed by atoms with van der Waals surface area (Å²) in [5.41, 5.74) is 12.9. The van der Waals surface area contributed by atoms with E-state index in [1.54, 1.807) is 0 Å². The molecule has 2 N–H and O–H groups in total. The van der Waals surface area contributed by atoms with Gasteiger partial charge in [0, 0.05) is 31.5 Å². The summed E-state index contributed by atoms with van der Waals surface area (Å²) in [6.07, 6.45) is 8.60. The molecule has 0 saturated carbocycles. The molecule has 2 aromatic carbocycles. The SMILES string of the molecule is CC1(N)C=Cc2sc3c4c(ccc3c2C=C1)C(C)(C)c1ccccc1-4. The lowest BCUT2D eigenvalue weighted by Crippen LogP contribution is -2.29. The number of benzene rings is 2. The molecular formula is C23H21NS. The molecule has 0 fully saturated rings. The van der Waals surface area contributed by atoms with E-state index in [2.05, 4.69) is 74.5 Å². The summed E-state index contributed by atoms with van der Waals surface area (Å²) in [7, 11) is 0. The van der Waals surface area contributed by atoms with Crippen molar-refractivity contribution in [2.45, 2.75) is 31.7 Å². The maximum Gasteiger partial charge on any atom is 0.0503 e. The van der Waals surface area contributed by atoms with Crippen molar-refractivity contribution in [1.29, 1.82) is 0 Å². The van der Waals surface area contributed by atoms with E-state index in [-0.39, 0.29) is 11.0 Å². The molecule has 1 aromatic heterocycles. The predicted octanol–water partition coefficient (Wildman–Crippen LogP) is 5.97. The van der Waals surface area contributed by atoms with Crippen LogP contribution in [0.3, 0.4) is 0 Å². The van der Waals surface area contributed by atoms with E-state index in [9.17, 15) is 0 Å². The number of rotatable bonds is 0. The van der Waals surface area contributed by atoms with Crippen molar-refractivity contribution in [3.8, 4) is 11.1 Å². The summed E-state index contributed by atoms with van der Waals surface area (Å²) < 4.78 is 1.40. The second kappa shape index (κ2) is 4.72. The summed E-state index contributed by atoms with van der Waals surface area (Å²) in [5.74, 6) is 0. The van der Waals surface area contributed by atoms with Crippen molar-refractivity contribution < 1.29 is 0 Å². The molecule has 0 aliphatic heterocycles. The van der Waals surface area contributed by atoms with Gasteiger partial charge in [-0.2, -0.15) is 0 Å². The fourth-order valence-corrected chi connectivity index (χ4v) is 5.50. The van der Waals surface area contributed by atoms with Gasteiger partial charge in [-0.15, -0.1) is 11.3 Å². The summed E-state index contributed by atoms with van der Waals surface area (Å²) in [6, 6.07) is 13.5. The lowest BCUT2D eigenvalue weighted by atomic mass is 9.82. The molecule has 0 amide bonds. The average Bonchev–Trinajstić information content (AvgIpc) is 2.99. The van der Waals surface area contributed by atoms with E-state index in [0.717, 1.165) is 0 Å². The zero-order valence-electron chi connectivity index (χ0n) is 14.8. The van der Waals surface area contributed by atoms with Gasteiger partial charge in [-0.1, -0.05) is 68.5 Å². The van der Waals surface area contributed by atoms with Crippen molar-refractivity contribution in [3.63, 3.8) is 0 Å². The second-order valence-corrected chi connectivity index (χ2v) is 9.00. The third kappa shape index (κ3) is 1.98. The highest BCUT2D eigenvalue weighted by atomic mass is 32.1. The van der Waals surface area contributed by atoms with Gasteiger partial charge in [0.2, 0.25) is 0 Å². The highest BCUT2D eigenvalue weighted by Gasteiger charge is 2.36. The maximum atomic E-state index is 6.28. The Kier molecular flexibility index (Phi) is 2.85. The summed E-state index contributed by atoms with van der Waals surface area (Å²) in [5, 5.41) is 1.34. The highest BCUT2D eigenvalue weighted by Crippen LogP contribution is 2.53. The van der Waals surface area contributed by atoms with Crippen molar-refractivity contribution in [2.75, 3.05) is 0 Å². The topological polar surface area (TPSA) is 26.0 Å². The molecule has 2 heteroatoms. The number of hydrogen-bond donors (Lipinski definition) is 1. The van der Waals surface area contributed by atoms with Gasteiger partial charge < -0.3 is 5.73 Å². The van der Waals surface area contributed by atoms with Crippen LogP contribution >= 0.6 is 11.3 Å². The van der Waals surface area contributed by atoms with Crippen LogP contribution in [0.2, 0.25) is 0 Å². The second-order valence-electron chi connectivity index (χ2n) is 7.95. The van der Waals surface area contributed by atoms with Crippen LogP contribution in [-0.4, -0.2) is 5.54 Å². The standard InChI is InChI=1S/C23H21NS/c1-22(2)17-7-5-4-6-16(17)20-18(22)9-8-15-14-10-12-23(3,24)13-11-19(14)25-21(15)20/h4-13H,24H2,1-3H3. The molecule has 5 rings (SSSR count). The Morgan fingerprint density at radius 3 is 2.48 bits per heavy atom. The molecule has 1 heterocycles. The first kappa shape index (κ1) is 15.1. The van der Waals surface area contributed by atoms with Crippen molar-refractivity contribution in [3.05, 3.63) is 70.1 Å². The minimum Gasteiger partial charge on any atom is -0.319 e. The molecule has 0 radical (unpaired) electrons. The van der Waals surface area contributed by atoms with E-state index < -0.39 is 0 Å². The number of hydrogen-bond acceptors (Lipinski definition) is 2. The molecule has 0 bridgehead atoms. The molecule has 2 aliphatic rings. The first-order valence-corrected chi connectivity index (χ1v) is 9.57. The molecule has 1 unspecified atom stereocenters. The molecule has 1 nitrogen and oxygen atoms in total. The fourth-order valence-electron chi connectivity index (χ4n) is 4.25. The van der Waals surface area contributed by atoms with Crippen molar-refractivity contribution >= 4 is 33.6 Å². The quantitative estimate of drug-likeness (QED) is 0.535. The van der Waals surface area contributed by atoms with Crippen molar-refractivity contribution in [1.82, 2.24) is 0 Å². The summed E-state index contributed by atoms with van der Waals surface area (Å²) in [4.78, 5) is 1.30. The molecule has 25 heavy (non-hydrogen) atoms. The smallest absolute Gasteiger partial charge is 0.0503 e. The molecular weight excluding hydrogens is 322 g/mol. The Labute approximate surface area is 152 Å². The van der Waals surface area contributed by atoms with Crippen LogP contribution in [0.4, 0.5) is 0 Å². The maximum absolute atomic E-state index is 6.28. The zero-order chi connectivity index (χ0) is 17.4. The minimum atomic E-state index is -0.379. The van der Waals surface area contributed by atoms with Crippen LogP contribution in [0.1, 0.15) is 42.3 Å². The lowest BCUT2D eigenvalue weighted by Gasteiger charge is -2.21. The van der Waals surface area contributed by atoms with Crippen LogP contribution in [0, 0.1) is 0 Å². The molecule has 0 saturated heterocycles. The van der Waals surface area contributed by atoms with Gasteiger partial charge in [0.1, 0.15) is 0 Å². The molecule has 0 spiro atoms. The number of fused-ring (bicyclic) bond motifs is 7. The van der Waals surface area contributed by atoms with Crippen LogP contribution in [-0.2, 0) is 5.41 Å². The van der Waals surface area contributed by atoms with E-state index in [1.165, 1.54) is 42.8 Å². The van der Waals surface area contributed by atoms with Gasteiger partial charge in [-0.25, -0.2) is 0 Å². The Bertz CT molecular complexity index is 1090. The predicted molar refractivity (Wildman–Crippen MR) is 110 cm³/mol. The van der Waals surface area contributed by atoms with Gasteiger partial charge in [0.05, 0.1) is 5.54 Å². The van der Waals surface area contributed by atoms with Gasteiger partial charge in [0.25, 0.3) is 0 Å². The van der Waals surface area contributed by atoms with Crippen LogP contribution in [0.15, 0.2) is 48.6 Å². The van der Waals surface area contributed by atoms with E-state index in [1.807, 2.05) is 18.3 Å². The number of nitrogens with two attached hydrogens (primary N) is 1. The van der Waals surface area contributed by atoms with Crippen LogP contribution < -0.4 is 5.73 Å². The highest BCUT2D eigenvalue weighted by molar-refractivity contribution is 7.20. The van der Waals surface area contributed by atoms with E-state index in [4.69, 9.17) is 5.73 Å². The van der Waals surface area contributed by atoms with Crippen molar-refractivity contribution in [2.24, 2.45) is 5.73 Å². The third-order valence-electron chi connectivity index (χ3n) is 5.67. The fraction of sp³-hybridized carbons (Fsp3) is 0.217. The van der Waals surface area contributed by atoms with Gasteiger partial charge in [-0.05, 0) is 29.7 Å². The van der Waals surface area contributed by atoms with Crippen LogP contribution in [0.25, 0.3) is 33.4 Å². The normalized spacial score (nSPS) is 22.6. The lowest BCUT2D eigenvalue weighted by molar-refractivity contribution is 0.661. The molecule has 124 valence electrons. The molecule has 3 aromatic rings. The largest absolute Gasteiger partial charge is 0.319 e. The first-order chi connectivity index (χ1) is 11.9. The van der Waals surface area contributed by atoms with Gasteiger partial charge in [-0.3, -0.25) is 0 Å². The average molecular weight is 343 g/mol. The Balaban J connectivity index is 1.87. The summed E-state index contributed by atoms with van der Waals surface area (Å²) >= 11 is 1.89. The first-order valence-electron chi connectivity index (χ1n) is 8.76. The Morgan fingerprint density at radius 1 is 0.880 bits per heavy atom. The number of thiophene rings is 1. The minimum absolute atomic E-state index is 0.0585. The Morgan fingerprint density at radius 2 is 1.64 bits per heavy atom. The molecule has 2 aliphatic carbocycles. The molecule has 1 atom stereocenters. The van der Waals surface area contributed by atoms with E-state index in [0.29, 0.717) is 0 Å². The van der Waals surface area contributed by atoms with E-state index >= 15 is 0 Å². The van der Waals surface area contributed by atoms with Gasteiger partial charge >= 0.3 is 0 Å². The van der Waals surface area contributed by atoms with Crippen LogP contribution in [0.5, 0.6) is 0 Å². The zero-order valence-corrected chi connectivity index (χ0v) is 15.6. The third-order valence-corrected chi connectivity index (χ3v) is 6.88. The Hall–Kier alpha value is -2.16. The van der Waals surface area contributed by atoms with Gasteiger partial charge in [0.15, 0.2) is 0 Å². The summed E-state index contributed by atoms with van der Waals surface area (Å²) in [6.45, 7) is 6.71.